The van der Waals surface area contributed by atoms with Gasteiger partial charge in [0, 0.05) is 32.3 Å². The molecule has 0 atom stereocenters. The van der Waals surface area contributed by atoms with Crippen molar-refractivity contribution in [1.29, 1.82) is 0 Å². The van der Waals surface area contributed by atoms with Crippen LogP contribution >= 0.6 is 0 Å². The third-order valence-electron chi connectivity index (χ3n) is 3.03. The average Bonchev–Trinajstić information content (AvgIpc) is 2.07. The van der Waals surface area contributed by atoms with E-state index in [1.165, 1.54) is 0 Å². The van der Waals surface area contributed by atoms with Crippen molar-refractivity contribution in [3.05, 3.63) is 0 Å². The molecular weight excluding hydrogens is 176 g/mol. The largest absolute Gasteiger partial charge is 0.385 e. The second-order valence-electron chi connectivity index (χ2n) is 5.22. The molecule has 0 bridgehead atoms. The van der Waals surface area contributed by atoms with E-state index in [0.717, 1.165) is 32.4 Å². The van der Waals surface area contributed by atoms with E-state index >= 15 is 0 Å². The van der Waals surface area contributed by atoms with Crippen LogP contribution in [0.15, 0.2) is 0 Å². The van der Waals surface area contributed by atoms with Crippen LogP contribution in [0.25, 0.3) is 0 Å². The zero-order valence-corrected chi connectivity index (χ0v) is 9.68. The topological polar surface area (TPSA) is 47.3 Å². The molecule has 0 aromatic carbocycles. The van der Waals surface area contributed by atoms with E-state index in [0.29, 0.717) is 17.5 Å². The second kappa shape index (κ2) is 5.10. The van der Waals surface area contributed by atoms with E-state index in [4.69, 9.17) is 10.5 Å². The van der Waals surface area contributed by atoms with Gasteiger partial charge in [0.25, 0.3) is 0 Å². The summed E-state index contributed by atoms with van der Waals surface area (Å²) < 4.78 is 5.09. The van der Waals surface area contributed by atoms with Crippen LogP contribution in [0.1, 0.15) is 33.1 Å². The first-order valence-electron chi connectivity index (χ1n) is 5.51. The van der Waals surface area contributed by atoms with Gasteiger partial charge in [0.15, 0.2) is 0 Å². The lowest BCUT2D eigenvalue weighted by atomic mass is 9.85. The van der Waals surface area contributed by atoms with Crippen molar-refractivity contribution in [2.45, 2.75) is 45.2 Å². The molecule has 84 valence electrons. The number of methoxy groups -OCH3 is 1. The summed E-state index contributed by atoms with van der Waals surface area (Å²) in [7, 11) is 1.76. The molecule has 0 saturated heterocycles. The Bertz CT molecular complexity index is 165. The van der Waals surface area contributed by atoms with Gasteiger partial charge in [-0.05, 0) is 24.7 Å². The Labute approximate surface area is 87.4 Å². The van der Waals surface area contributed by atoms with Crippen molar-refractivity contribution in [2.75, 3.05) is 20.3 Å². The molecule has 1 aliphatic rings. The van der Waals surface area contributed by atoms with Crippen molar-refractivity contribution in [3.63, 3.8) is 0 Å². The van der Waals surface area contributed by atoms with Crippen LogP contribution in [0, 0.1) is 5.41 Å². The van der Waals surface area contributed by atoms with E-state index in [1.807, 2.05) is 0 Å². The smallest absolute Gasteiger partial charge is 0.0467 e. The number of ether oxygens (including phenoxy) is 1. The summed E-state index contributed by atoms with van der Waals surface area (Å²) in [6.07, 6.45) is 3.38. The van der Waals surface area contributed by atoms with Gasteiger partial charge >= 0.3 is 0 Å². The molecule has 0 aromatic heterocycles. The normalized spacial score (nSPS) is 27.4. The molecule has 1 saturated carbocycles. The van der Waals surface area contributed by atoms with Crippen LogP contribution < -0.4 is 11.1 Å². The maximum absolute atomic E-state index is 5.73. The molecule has 0 unspecified atom stereocenters. The van der Waals surface area contributed by atoms with E-state index in [1.54, 1.807) is 7.11 Å². The minimum Gasteiger partial charge on any atom is -0.385 e. The Morgan fingerprint density at radius 2 is 2.07 bits per heavy atom. The second-order valence-corrected chi connectivity index (χ2v) is 5.22. The summed E-state index contributed by atoms with van der Waals surface area (Å²) in [6, 6.07) is 1.10. The fourth-order valence-electron chi connectivity index (χ4n) is 1.72. The minimum atomic E-state index is 0.329. The van der Waals surface area contributed by atoms with Gasteiger partial charge in [-0.25, -0.2) is 0 Å². The predicted octanol–water partition coefficient (Wildman–Crippen LogP) is 1.13. The molecule has 0 radical (unpaired) electrons. The van der Waals surface area contributed by atoms with Crippen LogP contribution in [0.2, 0.25) is 0 Å². The molecule has 1 aliphatic carbocycles. The van der Waals surface area contributed by atoms with Crippen molar-refractivity contribution < 1.29 is 4.74 Å². The van der Waals surface area contributed by atoms with Crippen molar-refractivity contribution in [1.82, 2.24) is 5.32 Å². The molecule has 3 N–H and O–H groups in total. The Morgan fingerprint density at radius 3 is 2.57 bits per heavy atom. The highest BCUT2D eigenvalue weighted by atomic mass is 16.5. The molecule has 0 heterocycles. The van der Waals surface area contributed by atoms with Gasteiger partial charge in [0.05, 0.1) is 0 Å². The molecule has 14 heavy (non-hydrogen) atoms. The summed E-state index contributed by atoms with van der Waals surface area (Å²) in [5.41, 5.74) is 6.06. The van der Waals surface area contributed by atoms with Gasteiger partial charge in [-0.3, -0.25) is 0 Å². The van der Waals surface area contributed by atoms with Gasteiger partial charge in [0.2, 0.25) is 0 Å². The van der Waals surface area contributed by atoms with Crippen LogP contribution in [0.5, 0.6) is 0 Å². The van der Waals surface area contributed by atoms with Crippen molar-refractivity contribution >= 4 is 0 Å². The molecule has 1 rings (SSSR count). The Kier molecular flexibility index (Phi) is 4.35. The lowest BCUT2D eigenvalue weighted by Gasteiger charge is -2.36. The van der Waals surface area contributed by atoms with Gasteiger partial charge in [0.1, 0.15) is 0 Å². The Hall–Kier alpha value is -0.120. The highest BCUT2D eigenvalue weighted by Gasteiger charge is 2.27. The summed E-state index contributed by atoms with van der Waals surface area (Å²) in [5.74, 6) is 0. The number of hydrogen-bond acceptors (Lipinski definition) is 3. The van der Waals surface area contributed by atoms with E-state index < -0.39 is 0 Å². The highest BCUT2D eigenvalue weighted by molar-refractivity contribution is 4.88. The summed E-state index contributed by atoms with van der Waals surface area (Å²) in [5, 5.41) is 3.56. The first kappa shape index (κ1) is 12.0. The van der Waals surface area contributed by atoms with E-state index in [2.05, 4.69) is 19.2 Å². The van der Waals surface area contributed by atoms with Gasteiger partial charge in [-0.15, -0.1) is 0 Å². The first-order valence-corrected chi connectivity index (χ1v) is 5.51. The minimum absolute atomic E-state index is 0.329. The lowest BCUT2D eigenvalue weighted by molar-refractivity contribution is 0.144. The number of nitrogens with one attached hydrogen (secondary N) is 1. The maximum atomic E-state index is 5.73. The third-order valence-corrected chi connectivity index (χ3v) is 3.03. The molecule has 3 nitrogen and oxygen atoms in total. The van der Waals surface area contributed by atoms with Crippen molar-refractivity contribution in [2.24, 2.45) is 11.1 Å². The SMILES string of the molecule is COCCC(C)(C)CNC1CC(N)C1. The number of nitrogens with two attached hydrogens (primary N) is 1. The van der Waals surface area contributed by atoms with Gasteiger partial charge in [-0.2, -0.15) is 0 Å². The zero-order chi connectivity index (χ0) is 10.6. The van der Waals surface area contributed by atoms with Crippen LogP contribution in [0.4, 0.5) is 0 Å². The first-order chi connectivity index (χ1) is 6.53. The fraction of sp³-hybridized carbons (Fsp3) is 1.00. The molecule has 0 spiro atoms. The predicted molar refractivity (Wildman–Crippen MR) is 59.3 cm³/mol. The monoisotopic (exact) mass is 200 g/mol. The van der Waals surface area contributed by atoms with Crippen LogP contribution in [-0.4, -0.2) is 32.3 Å². The summed E-state index contributed by atoms with van der Waals surface area (Å²) in [4.78, 5) is 0. The van der Waals surface area contributed by atoms with Gasteiger partial charge < -0.3 is 15.8 Å². The fourth-order valence-corrected chi connectivity index (χ4v) is 1.72. The molecule has 0 amide bonds. The summed E-state index contributed by atoms with van der Waals surface area (Å²) >= 11 is 0. The molecule has 0 aliphatic heterocycles. The summed E-state index contributed by atoms with van der Waals surface area (Å²) in [6.45, 7) is 6.46. The van der Waals surface area contributed by atoms with Gasteiger partial charge in [-0.1, -0.05) is 13.8 Å². The molecule has 1 fully saturated rings. The average molecular weight is 200 g/mol. The molecular formula is C11H24N2O. The quantitative estimate of drug-likeness (QED) is 0.675. The Morgan fingerprint density at radius 1 is 1.43 bits per heavy atom. The van der Waals surface area contributed by atoms with Crippen LogP contribution in [-0.2, 0) is 4.74 Å². The third kappa shape index (κ3) is 3.95. The standard InChI is InChI=1S/C11H24N2O/c1-11(2,4-5-14-3)8-13-10-6-9(12)7-10/h9-10,13H,4-8,12H2,1-3H3. The molecule has 3 heteroatoms. The number of rotatable bonds is 6. The maximum Gasteiger partial charge on any atom is 0.0467 e. The van der Waals surface area contributed by atoms with Crippen LogP contribution in [0.3, 0.4) is 0 Å². The van der Waals surface area contributed by atoms with E-state index in [-0.39, 0.29) is 0 Å². The zero-order valence-electron chi connectivity index (χ0n) is 9.68. The van der Waals surface area contributed by atoms with Crippen molar-refractivity contribution in [3.8, 4) is 0 Å². The lowest BCUT2D eigenvalue weighted by Crippen LogP contribution is -2.50. The Balaban J connectivity index is 2.09. The molecule has 0 aromatic rings. The van der Waals surface area contributed by atoms with E-state index in [9.17, 15) is 0 Å². The highest BCUT2D eigenvalue weighted by Crippen LogP contribution is 2.22. The number of hydrogen-bond donors (Lipinski definition) is 2.